The Morgan fingerprint density at radius 3 is 1.57 bits per heavy atom. The standard InChI is InChI=1S/C60H43NO2/c1-59(2)49-18-8-5-15-42(49)47-34-52-48(35-51(47)59)58-50(60(52,3)4)19-12-20-53(58)61(40-27-23-36(24-28-40)38-25-29-45-43-16-6-9-21-54(43)62-56(45)32-38)41-14-11-13-37(31-41)39-26-30-46-44-17-7-10-22-55(44)63-57(46)33-39/h5-35H,1-4H3. The van der Waals surface area contributed by atoms with Crippen molar-refractivity contribution in [1.29, 1.82) is 0 Å². The lowest BCUT2D eigenvalue weighted by molar-refractivity contribution is 0.652. The molecule has 0 fully saturated rings. The second-order valence-electron chi connectivity index (χ2n) is 18.5. The Hall–Kier alpha value is -7.62. The van der Waals surface area contributed by atoms with Gasteiger partial charge < -0.3 is 13.7 Å². The number of fused-ring (bicyclic) bond motifs is 12. The summed E-state index contributed by atoms with van der Waals surface area (Å²) < 4.78 is 12.7. The van der Waals surface area contributed by atoms with E-state index in [0.29, 0.717) is 0 Å². The Kier molecular flexibility index (Phi) is 7.42. The molecule has 0 N–H and O–H groups in total. The molecule has 0 saturated heterocycles. The molecular weight excluding hydrogens is 767 g/mol. The molecule has 2 aliphatic carbocycles. The van der Waals surface area contributed by atoms with E-state index < -0.39 is 0 Å². The summed E-state index contributed by atoms with van der Waals surface area (Å²) in [7, 11) is 0. The van der Waals surface area contributed by atoms with Crippen LogP contribution < -0.4 is 4.90 Å². The van der Waals surface area contributed by atoms with E-state index in [1.54, 1.807) is 0 Å². The lowest BCUT2D eigenvalue weighted by Crippen LogP contribution is -2.17. The van der Waals surface area contributed by atoms with Crippen molar-refractivity contribution in [3.05, 3.63) is 210 Å². The topological polar surface area (TPSA) is 29.5 Å². The van der Waals surface area contributed by atoms with Gasteiger partial charge in [0.15, 0.2) is 0 Å². The molecule has 2 heterocycles. The fraction of sp³-hybridized carbons (Fsp3) is 0.100. The highest BCUT2D eigenvalue weighted by Crippen LogP contribution is 2.59. The van der Waals surface area contributed by atoms with Gasteiger partial charge in [0.1, 0.15) is 22.3 Å². The first-order chi connectivity index (χ1) is 30.7. The van der Waals surface area contributed by atoms with Crippen molar-refractivity contribution in [2.75, 3.05) is 4.90 Å². The van der Waals surface area contributed by atoms with Gasteiger partial charge in [-0.2, -0.15) is 0 Å². The number of anilines is 3. The number of para-hydroxylation sites is 2. The van der Waals surface area contributed by atoms with Crippen molar-refractivity contribution in [2.45, 2.75) is 38.5 Å². The van der Waals surface area contributed by atoms with E-state index >= 15 is 0 Å². The Morgan fingerprint density at radius 1 is 0.333 bits per heavy atom. The number of rotatable bonds is 5. The molecule has 0 bridgehead atoms. The zero-order valence-corrected chi connectivity index (χ0v) is 35.7. The van der Waals surface area contributed by atoms with Crippen LogP contribution in [0.4, 0.5) is 17.1 Å². The highest BCUT2D eigenvalue weighted by Gasteiger charge is 2.43. The minimum atomic E-state index is -0.202. The van der Waals surface area contributed by atoms with Gasteiger partial charge in [0, 0.05) is 49.3 Å². The van der Waals surface area contributed by atoms with Crippen LogP contribution in [0.2, 0.25) is 0 Å². The van der Waals surface area contributed by atoms with Crippen LogP contribution in [0.1, 0.15) is 49.9 Å². The summed E-state index contributed by atoms with van der Waals surface area (Å²) in [5.74, 6) is 0. The first-order valence-electron chi connectivity index (χ1n) is 22.0. The lowest BCUT2D eigenvalue weighted by atomic mass is 9.79. The maximum absolute atomic E-state index is 6.37. The van der Waals surface area contributed by atoms with E-state index in [1.165, 1.54) is 44.5 Å². The summed E-state index contributed by atoms with van der Waals surface area (Å²) in [6.07, 6.45) is 0. The highest BCUT2D eigenvalue weighted by atomic mass is 16.3. The molecule has 0 aliphatic heterocycles. The Labute approximate surface area is 366 Å². The summed E-state index contributed by atoms with van der Waals surface area (Å²) >= 11 is 0. The quantitative estimate of drug-likeness (QED) is 0.173. The molecule has 0 amide bonds. The van der Waals surface area contributed by atoms with E-state index in [0.717, 1.165) is 83.2 Å². The summed E-state index contributed by atoms with van der Waals surface area (Å²) in [4.78, 5) is 2.46. The predicted octanol–water partition coefficient (Wildman–Crippen LogP) is 16.9. The molecule has 3 heteroatoms. The lowest BCUT2D eigenvalue weighted by Gasteiger charge is -2.29. The Bertz CT molecular complexity index is 3690. The first-order valence-corrected chi connectivity index (χ1v) is 22.0. The number of benzene rings is 9. The largest absolute Gasteiger partial charge is 0.456 e. The highest BCUT2D eigenvalue weighted by molar-refractivity contribution is 6.07. The number of furan rings is 2. The van der Waals surface area contributed by atoms with Gasteiger partial charge >= 0.3 is 0 Å². The maximum atomic E-state index is 6.37. The fourth-order valence-electron chi connectivity index (χ4n) is 11.0. The second-order valence-corrected chi connectivity index (χ2v) is 18.5. The van der Waals surface area contributed by atoms with Gasteiger partial charge in [-0.3, -0.25) is 0 Å². The van der Waals surface area contributed by atoms with Gasteiger partial charge in [-0.15, -0.1) is 0 Å². The van der Waals surface area contributed by atoms with Crippen molar-refractivity contribution in [3.63, 3.8) is 0 Å². The van der Waals surface area contributed by atoms with Crippen molar-refractivity contribution in [2.24, 2.45) is 0 Å². The van der Waals surface area contributed by atoms with E-state index in [-0.39, 0.29) is 10.8 Å². The molecule has 0 spiro atoms. The molecule has 0 atom stereocenters. The normalized spacial score (nSPS) is 14.3. The van der Waals surface area contributed by atoms with Gasteiger partial charge in [-0.1, -0.05) is 137 Å². The predicted molar refractivity (Wildman–Crippen MR) is 262 cm³/mol. The average molecular weight is 810 g/mol. The third-order valence-electron chi connectivity index (χ3n) is 14.3. The third kappa shape index (κ3) is 5.20. The summed E-state index contributed by atoms with van der Waals surface area (Å²) in [6, 6.07) is 68.6. The van der Waals surface area contributed by atoms with Crippen LogP contribution in [0, 0.1) is 0 Å². The first kappa shape index (κ1) is 36.1. The molecular formula is C60H43NO2. The molecule has 3 nitrogen and oxygen atoms in total. The number of hydrogen-bond acceptors (Lipinski definition) is 3. The third-order valence-corrected chi connectivity index (χ3v) is 14.3. The summed E-state index contributed by atoms with van der Waals surface area (Å²) in [5, 5.41) is 4.54. The monoisotopic (exact) mass is 809 g/mol. The van der Waals surface area contributed by atoms with Gasteiger partial charge in [-0.05, 0) is 140 Å². The molecule has 0 saturated carbocycles. The smallest absolute Gasteiger partial charge is 0.136 e. The average Bonchev–Trinajstić information content (AvgIpc) is 4.01. The molecule has 13 rings (SSSR count). The van der Waals surface area contributed by atoms with Crippen LogP contribution in [-0.2, 0) is 10.8 Å². The molecule has 11 aromatic rings. The zero-order valence-electron chi connectivity index (χ0n) is 35.7. The maximum Gasteiger partial charge on any atom is 0.136 e. The molecule has 300 valence electrons. The van der Waals surface area contributed by atoms with Crippen molar-refractivity contribution >= 4 is 60.9 Å². The van der Waals surface area contributed by atoms with Gasteiger partial charge in [0.05, 0.1) is 5.69 Å². The van der Waals surface area contributed by atoms with Crippen LogP contribution in [0.25, 0.3) is 88.4 Å². The van der Waals surface area contributed by atoms with Crippen LogP contribution in [0.5, 0.6) is 0 Å². The van der Waals surface area contributed by atoms with Crippen LogP contribution in [0.3, 0.4) is 0 Å². The SMILES string of the molecule is CC1(C)c2ccccc2-c2cc3c(cc21)-c1c(N(c2ccc(-c4ccc5c(c4)oc4ccccc45)cc2)c2cccc(-c4ccc5c(c4)oc4ccccc45)c2)cccc1C3(C)C. The van der Waals surface area contributed by atoms with E-state index in [1.807, 2.05) is 24.3 Å². The van der Waals surface area contributed by atoms with E-state index in [9.17, 15) is 0 Å². The minimum absolute atomic E-state index is 0.112. The van der Waals surface area contributed by atoms with E-state index in [4.69, 9.17) is 8.83 Å². The molecule has 2 aromatic heterocycles. The van der Waals surface area contributed by atoms with E-state index in [2.05, 4.69) is 196 Å². The zero-order chi connectivity index (χ0) is 42.2. The fourth-order valence-corrected chi connectivity index (χ4v) is 11.0. The van der Waals surface area contributed by atoms with Crippen LogP contribution in [0.15, 0.2) is 197 Å². The van der Waals surface area contributed by atoms with Crippen LogP contribution >= 0.6 is 0 Å². The molecule has 2 aliphatic rings. The van der Waals surface area contributed by atoms with Gasteiger partial charge in [-0.25, -0.2) is 0 Å². The van der Waals surface area contributed by atoms with Crippen molar-refractivity contribution in [1.82, 2.24) is 0 Å². The summed E-state index contributed by atoms with van der Waals surface area (Å²) in [5.41, 5.74) is 22.0. The Morgan fingerprint density at radius 2 is 0.857 bits per heavy atom. The Balaban J connectivity index is 0.986. The minimum Gasteiger partial charge on any atom is -0.456 e. The van der Waals surface area contributed by atoms with Gasteiger partial charge in [0.25, 0.3) is 0 Å². The number of nitrogens with zero attached hydrogens (tertiary/aromatic N) is 1. The van der Waals surface area contributed by atoms with Crippen molar-refractivity contribution in [3.8, 4) is 44.5 Å². The van der Waals surface area contributed by atoms with Gasteiger partial charge in [0.2, 0.25) is 0 Å². The molecule has 0 unspecified atom stereocenters. The number of hydrogen-bond donors (Lipinski definition) is 0. The summed E-state index contributed by atoms with van der Waals surface area (Å²) in [6.45, 7) is 9.55. The van der Waals surface area contributed by atoms with Crippen LogP contribution in [-0.4, -0.2) is 0 Å². The second kappa shape index (κ2) is 13.0. The van der Waals surface area contributed by atoms with Crippen molar-refractivity contribution < 1.29 is 8.83 Å². The molecule has 9 aromatic carbocycles. The molecule has 0 radical (unpaired) electrons. The molecule has 63 heavy (non-hydrogen) atoms.